The Balaban J connectivity index is 0.666. The molecular formula is C71H103N7O13. The van der Waals surface area contributed by atoms with Crippen molar-refractivity contribution in [1.82, 2.24) is 30.3 Å². The van der Waals surface area contributed by atoms with Gasteiger partial charge in [-0.25, -0.2) is 4.79 Å². The van der Waals surface area contributed by atoms with E-state index in [0.717, 1.165) is 130 Å². The van der Waals surface area contributed by atoms with E-state index in [0.29, 0.717) is 115 Å². The Hall–Kier alpha value is -6.55. The second kappa shape index (κ2) is 34.9. The van der Waals surface area contributed by atoms with Crippen LogP contribution < -0.4 is 30.6 Å². The third-order valence-electron chi connectivity index (χ3n) is 18.3. The first-order valence-corrected chi connectivity index (χ1v) is 33.4. The number of nitrogens with zero attached hydrogens (tertiary/aromatic N) is 4. The zero-order valence-corrected chi connectivity index (χ0v) is 55.7. The van der Waals surface area contributed by atoms with Gasteiger partial charge in [0.05, 0.1) is 52.9 Å². The van der Waals surface area contributed by atoms with Gasteiger partial charge in [0, 0.05) is 87.6 Å². The number of nitrogens with one attached hydrogen (secondary N) is 3. The Labute approximate surface area is 539 Å². The van der Waals surface area contributed by atoms with Crippen LogP contribution in [0.3, 0.4) is 0 Å². The molecule has 1 aromatic heterocycles. The first kappa shape index (κ1) is 70.3. The molecule has 500 valence electrons. The molecule has 20 heteroatoms. The zero-order valence-electron chi connectivity index (χ0n) is 55.7. The molecule has 3 aromatic carbocycles. The highest BCUT2D eigenvalue weighted by molar-refractivity contribution is 5.99. The van der Waals surface area contributed by atoms with Gasteiger partial charge >= 0.3 is 6.09 Å². The van der Waals surface area contributed by atoms with Crippen molar-refractivity contribution in [2.45, 2.75) is 156 Å². The minimum Gasteiger partial charge on any atom is -0.491 e. The van der Waals surface area contributed by atoms with Gasteiger partial charge in [0.25, 0.3) is 11.5 Å². The van der Waals surface area contributed by atoms with Crippen molar-refractivity contribution in [1.29, 1.82) is 0 Å². The molecule has 0 unspecified atom stereocenters. The third-order valence-corrected chi connectivity index (χ3v) is 18.3. The van der Waals surface area contributed by atoms with Crippen molar-refractivity contribution < 1.29 is 57.1 Å². The highest BCUT2D eigenvalue weighted by atomic mass is 16.6. The molecule has 3 saturated heterocycles. The largest absolute Gasteiger partial charge is 0.491 e. The third kappa shape index (κ3) is 20.7. The minimum absolute atomic E-state index is 0.0191. The van der Waals surface area contributed by atoms with Gasteiger partial charge in [-0.15, -0.1) is 0 Å². The molecule has 4 heterocycles. The Morgan fingerprint density at radius 1 is 0.736 bits per heavy atom. The van der Waals surface area contributed by atoms with E-state index in [9.17, 15) is 24.0 Å². The number of anilines is 1. The maximum atomic E-state index is 14.6. The number of likely N-dealkylation sites (tertiary alicyclic amines) is 2. The van der Waals surface area contributed by atoms with Crippen LogP contribution in [0, 0.1) is 32.6 Å². The predicted octanol–water partition coefficient (Wildman–Crippen LogP) is 9.21. The Bertz CT molecular complexity index is 3010. The number of likely N-dealkylation sites (N-methyl/N-ethyl adjacent to an activating group) is 1. The van der Waals surface area contributed by atoms with Crippen molar-refractivity contribution in [3.63, 3.8) is 0 Å². The van der Waals surface area contributed by atoms with Crippen LogP contribution in [-0.2, 0) is 51.0 Å². The molecule has 8 rings (SSSR count). The number of ether oxygens (including phenoxy) is 8. The molecule has 4 aromatic rings. The van der Waals surface area contributed by atoms with Gasteiger partial charge in [-0.1, -0.05) is 43.5 Å². The standard InChI is InChI=1S/C71H103N7O13/c1-10-77(58-27-32-84-33-28-58)63-46-57(45-61(51(63)4)67(80)72-47-62-49(2)44-50(3)73-68(62)81)54-18-22-60(23-19-54)90-43-41-88-39-37-86-35-34-85-36-38-87-40-42-89-59-20-16-53(17-21-59)24-29-76-30-25-55-26-31-78(64(55)48-76)69(82)65(56-14-12-11-13-15-56)74-66(79)52(5)75(9)70(83)91-71(6,7)8/h16-23,44-46,52,55-56,58,64-65H,10-15,24-43,47-48H2,1-9H3,(H,72,80)(H,73,81)(H,74,79)/t52-,55+,64+,65-/m0/s1. The van der Waals surface area contributed by atoms with E-state index >= 15 is 0 Å². The van der Waals surface area contributed by atoms with E-state index in [1.54, 1.807) is 34.7 Å². The SMILES string of the molecule is CCN(c1cc(-c2ccc(OCCOCCOCCOCCOCCOc3ccc(CCN4CC[C@@H]5CCN(C(=O)[C@@H](NC(=O)[C@H](C)N(C)C(=O)OC(C)(C)C)C6CCCCC6)[C@@H]5C4)cc3)cc2)cc(C(=O)NCc2c(C)cc(C)[nH]c2=O)c1C)C1CCOCC1. The lowest BCUT2D eigenvalue weighted by Gasteiger charge is -2.41. The summed E-state index contributed by atoms with van der Waals surface area (Å²) in [6, 6.07) is 21.1. The second-order valence-electron chi connectivity index (χ2n) is 25.9. The lowest BCUT2D eigenvalue weighted by Crippen LogP contribution is -2.59. The van der Waals surface area contributed by atoms with Gasteiger partial charge in [-0.3, -0.25) is 24.1 Å². The van der Waals surface area contributed by atoms with Gasteiger partial charge in [0.2, 0.25) is 11.8 Å². The summed E-state index contributed by atoms with van der Waals surface area (Å²) in [4.78, 5) is 78.9. The van der Waals surface area contributed by atoms with Gasteiger partial charge in [0.15, 0.2) is 0 Å². The van der Waals surface area contributed by atoms with E-state index in [2.05, 4.69) is 55.4 Å². The minimum atomic E-state index is -0.794. The number of carbonyl (C=O) groups is 4. The Kier molecular flexibility index (Phi) is 27.0. The molecule has 1 saturated carbocycles. The zero-order chi connectivity index (χ0) is 64.9. The number of carbonyl (C=O) groups excluding carboxylic acids is 4. The number of fused-ring (bicyclic) bond motifs is 1. The molecule has 3 aliphatic heterocycles. The number of aromatic nitrogens is 1. The van der Waals surface area contributed by atoms with Crippen LogP contribution >= 0.6 is 0 Å². The normalized spacial score (nSPS) is 18.1. The fourth-order valence-electron chi connectivity index (χ4n) is 13.0. The fraction of sp³-hybridized carbons (Fsp3) is 0.620. The lowest BCUT2D eigenvalue weighted by atomic mass is 9.83. The van der Waals surface area contributed by atoms with E-state index in [-0.39, 0.29) is 41.8 Å². The number of pyridine rings is 1. The van der Waals surface area contributed by atoms with E-state index in [4.69, 9.17) is 37.9 Å². The topological polar surface area (TPSA) is 212 Å². The summed E-state index contributed by atoms with van der Waals surface area (Å²) in [5.74, 6) is 1.47. The number of hydrogen-bond donors (Lipinski definition) is 3. The highest BCUT2D eigenvalue weighted by Crippen LogP contribution is 2.37. The van der Waals surface area contributed by atoms with Crippen LogP contribution in [0.4, 0.5) is 10.5 Å². The number of hydrogen-bond acceptors (Lipinski definition) is 15. The molecule has 3 N–H and O–H groups in total. The summed E-state index contributed by atoms with van der Waals surface area (Å²) in [5, 5.41) is 6.18. The molecule has 20 nitrogen and oxygen atoms in total. The van der Waals surface area contributed by atoms with Crippen molar-refractivity contribution >= 4 is 29.5 Å². The van der Waals surface area contributed by atoms with Crippen LogP contribution in [0.15, 0.2) is 71.5 Å². The van der Waals surface area contributed by atoms with Crippen molar-refractivity contribution in [3.8, 4) is 22.6 Å². The fourth-order valence-corrected chi connectivity index (χ4v) is 13.0. The number of aryl methyl sites for hydroxylation is 2. The average Bonchev–Trinajstić information content (AvgIpc) is 1.77. The van der Waals surface area contributed by atoms with Crippen LogP contribution in [-0.4, -0.2) is 192 Å². The summed E-state index contributed by atoms with van der Waals surface area (Å²) in [7, 11) is 1.57. The second-order valence-corrected chi connectivity index (χ2v) is 25.9. The summed E-state index contributed by atoms with van der Waals surface area (Å²) >= 11 is 0. The summed E-state index contributed by atoms with van der Waals surface area (Å²) in [5.41, 5.74) is 6.84. The van der Waals surface area contributed by atoms with Crippen LogP contribution in [0.2, 0.25) is 0 Å². The smallest absolute Gasteiger partial charge is 0.410 e. The maximum absolute atomic E-state index is 14.6. The highest BCUT2D eigenvalue weighted by Gasteiger charge is 2.45. The average molecular weight is 1260 g/mol. The quantitative estimate of drug-likeness (QED) is 0.0389. The number of aromatic amines is 1. The van der Waals surface area contributed by atoms with E-state index in [1.807, 2.05) is 69.3 Å². The summed E-state index contributed by atoms with van der Waals surface area (Å²) < 4.78 is 46.1. The molecule has 4 aliphatic rings. The first-order valence-electron chi connectivity index (χ1n) is 33.4. The summed E-state index contributed by atoms with van der Waals surface area (Å²) in [6.45, 7) is 25.0. The monoisotopic (exact) mass is 1260 g/mol. The van der Waals surface area contributed by atoms with Gasteiger partial charge in [-0.05, 0) is 189 Å². The Morgan fingerprint density at radius 2 is 1.33 bits per heavy atom. The van der Waals surface area contributed by atoms with Crippen LogP contribution in [0.1, 0.15) is 131 Å². The molecule has 4 atom stereocenters. The van der Waals surface area contributed by atoms with Crippen molar-refractivity contribution in [2.24, 2.45) is 11.8 Å². The van der Waals surface area contributed by atoms with Crippen LogP contribution in [0.25, 0.3) is 11.1 Å². The number of rotatable bonds is 32. The summed E-state index contributed by atoms with van der Waals surface area (Å²) in [6.07, 6.45) is 9.20. The molecule has 91 heavy (non-hydrogen) atoms. The lowest BCUT2D eigenvalue weighted by molar-refractivity contribution is -0.141. The number of benzene rings is 3. The van der Waals surface area contributed by atoms with E-state index < -0.39 is 23.8 Å². The van der Waals surface area contributed by atoms with Gasteiger partial charge in [-0.2, -0.15) is 0 Å². The number of amides is 4. The van der Waals surface area contributed by atoms with Gasteiger partial charge < -0.3 is 68.2 Å². The van der Waals surface area contributed by atoms with Crippen LogP contribution in [0.5, 0.6) is 11.5 Å². The van der Waals surface area contributed by atoms with Crippen molar-refractivity contribution in [3.05, 3.63) is 111 Å². The molecule has 0 spiro atoms. The maximum Gasteiger partial charge on any atom is 0.410 e. The molecule has 0 bridgehead atoms. The first-order chi connectivity index (χ1) is 43.9. The molecule has 4 fully saturated rings. The number of H-pyrrole nitrogens is 1. The number of piperidine rings is 1. The molecular weight excluding hydrogens is 1160 g/mol. The molecule has 4 amide bonds. The van der Waals surface area contributed by atoms with Crippen molar-refractivity contribution in [2.75, 3.05) is 124 Å². The Morgan fingerprint density at radius 3 is 1.92 bits per heavy atom. The van der Waals surface area contributed by atoms with Gasteiger partial charge in [0.1, 0.15) is 42.4 Å². The predicted molar refractivity (Wildman–Crippen MR) is 352 cm³/mol. The molecule has 0 radical (unpaired) electrons. The van der Waals surface area contributed by atoms with E-state index in [1.165, 1.54) is 10.5 Å². The molecule has 1 aliphatic carbocycles.